The molecule has 0 unspecified atom stereocenters. The number of pyridine rings is 1. The number of rotatable bonds is 3. The highest BCUT2D eigenvalue weighted by Crippen LogP contribution is 2.26. The van der Waals surface area contributed by atoms with E-state index in [0.717, 1.165) is 24.4 Å². The Hall–Kier alpha value is -1.94. The van der Waals surface area contributed by atoms with Crippen molar-refractivity contribution in [2.24, 2.45) is 0 Å². The number of aromatic nitrogens is 1. The molecule has 23 heavy (non-hydrogen) atoms. The quantitative estimate of drug-likeness (QED) is 0.784. The van der Waals surface area contributed by atoms with E-state index >= 15 is 0 Å². The van der Waals surface area contributed by atoms with E-state index in [1.807, 2.05) is 36.3 Å². The first kappa shape index (κ1) is 15.9. The van der Waals surface area contributed by atoms with Crippen LogP contribution >= 0.6 is 12.2 Å². The number of nitrogens with zero attached hydrogens (tertiary/aromatic N) is 2. The Labute approximate surface area is 143 Å². The molecule has 0 amide bonds. The van der Waals surface area contributed by atoms with Crippen LogP contribution < -0.4 is 9.64 Å². The van der Waals surface area contributed by atoms with Crippen molar-refractivity contribution in [3.05, 3.63) is 53.2 Å². The maximum atomic E-state index is 5.89. The van der Waals surface area contributed by atoms with Crippen LogP contribution in [-0.2, 0) is 19.3 Å². The van der Waals surface area contributed by atoms with E-state index in [0.29, 0.717) is 5.17 Å². The van der Waals surface area contributed by atoms with Crippen molar-refractivity contribution < 1.29 is 4.74 Å². The molecule has 0 atom stereocenters. The van der Waals surface area contributed by atoms with Crippen molar-refractivity contribution in [3.63, 3.8) is 0 Å². The van der Waals surface area contributed by atoms with Gasteiger partial charge in [0, 0.05) is 13.2 Å². The van der Waals surface area contributed by atoms with Gasteiger partial charge in [-0.05, 0) is 85.3 Å². The summed E-state index contributed by atoms with van der Waals surface area (Å²) in [5.41, 5.74) is 4.07. The van der Waals surface area contributed by atoms with Gasteiger partial charge in [-0.2, -0.15) is 0 Å². The molecule has 1 aromatic carbocycles. The first-order valence-electron chi connectivity index (χ1n) is 8.19. The van der Waals surface area contributed by atoms with Crippen LogP contribution in [0.2, 0.25) is 0 Å². The van der Waals surface area contributed by atoms with Gasteiger partial charge in [-0.25, -0.2) is 4.98 Å². The number of aryl methyl sites for hydroxylation is 3. The van der Waals surface area contributed by atoms with E-state index in [2.05, 4.69) is 24.0 Å². The monoisotopic (exact) mass is 326 g/mol. The number of benzene rings is 1. The van der Waals surface area contributed by atoms with E-state index in [9.17, 15) is 0 Å². The Morgan fingerprint density at radius 1 is 1.17 bits per heavy atom. The van der Waals surface area contributed by atoms with Crippen LogP contribution in [-0.4, -0.2) is 17.2 Å². The number of hydrogen-bond donors (Lipinski definition) is 0. The molecule has 3 nitrogen and oxygen atoms in total. The van der Waals surface area contributed by atoms with Gasteiger partial charge in [0.15, 0.2) is 0 Å². The second-order valence-corrected chi connectivity index (χ2v) is 6.29. The fourth-order valence-corrected chi connectivity index (χ4v) is 3.09. The molecule has 1 heterocycles. The molecule has 0 spiro atoms. The Balaban J connectivity index is 1.73. The summed E-state index contributed by atoms with van der Waals surface area (Å²) in [5, 5.41) is 0.418. The highest BCUT2D eigenvalue weighted by molar-refractivity contribution is 7.80. The summed E-state index contributed by atoms with van der Waals surface area (Å²) in [6.45, 7) is 2.13. The zero-order valence-corrected chi connectivity index (χ0v) is 14.5. The van der Waals surface area contributed by atoms with Crippen molar-refractivity contribution in [2.75, 3.05) is 11.9 Å². The van der Waals surface area contributed by atoms with E-state index < -0.39 is 0 Å². The summed E-state index contributed by atoms with van der Waals surface area (Å²) >= 11 is 5.44. The van der Waals surface area contributed by atoms with E-state index in [-0.39, 0.29) is 0 Å². The zero-order valence-electron chi connectivity index (χ0n) is 13.7. The van der Waals surface area contributed by atoms with Crippen molar-refractivity contribution in [2.45, 2.75) is 39.0 Å². The van der Waals surface area contributed by atoms with Crippen LogP contribution in [0.15, 0.2) is 36.5 Å². The Morgan fingerprint density at radius 3 is 2.74 bits per heavy atom. The fourth-order valence-electron chi connectivity index (χ4n) is 2.90. The molecule has 0 bridgehead atoms. The van der Waals surface area contributed by atoms with Gasteiger partial charge in [0.05, 0.1) is 0 Å². The molecule has 1 aliphatic rings. The average Bonchev–Trinajstić information content (AvgIpc) is 2.61. The molecule has 0 aliphatic heterocycles. The van der Waals surface area contributed by atoms with Gasteiger partial charge >= 0.3 is 0 Å². The summed E-state index contributed by atoms with van der Waals surface area (Å²) in [6, 6.07) is 10.4. The van der Waals surface area contributed by atoms with Crippen LogP contribution in [0.3, 0.4) is 0 Å². The van der Waals surface area contributed by atoms with Gasteiger partial charge in [0.2, 0.25) is 0 Å². The normalized spacial score (nSPS) is 13.3. The van der Waals surface area contributed by atoms with Crippen molar-refractivity contribution >= 4 is 23.2 Å². The summed E-state index contributed by atoms with van der Waals surface area (Å²) in [5.74, 6) is 1.63. The molecule has 2 aromatic rings. The first-order valence-corrected chi connectivity index (χ1v) is 8.60. The average molecular weight is 326 g/mol. The molecule has 0 N–H and O–H groups in total. The number of thiocarbonyl (C=S) groups is 1. The second-order valence-electron chi connectivity index (χ2n) is 5.94. The standard InChI is InChI=1S/C19H22N2OS/c1-3-14-10-11-20-18(12-14)21(2)19(23)22-17-9-8-15-6-4-5-7-16(15)13-17/h8-13H,3-7H2,1-2H3. The molecule has 4 heteroatoms. The Bertz CT molecular complexity index is 714. The zero-order chi connectivity index (χ0) is 16.2. The van der Waals surface area contributed by atoms with Crippen LogP contribution in [0.1, 0.15) is 36.5 Å². The minimum atomic E-state index is 0.418. The topological polar surface area (TPSA) is 25.4 Å². The van der Waals surface area contributed by atoms with Gasteiger partial charge in [-0.15, -0.1) is 0 Å². The van der Waals surface area contributed by atoms with Crippen molar-refractivity contribution in [3.8, 4) is 5.75 Å². The summed E-state index contributed by atoms with van der Waals surface area (Å²) < 4.78 is 5.89. The second kappa shape index (κ2) is 7.09. The highest BCUT2D eigenvalue weighted by Gasteiger charge is 2.14. The fraction of sp³-hybridized carbons (Fsp3) is 0.368. The summed E-state index contributed by atoms with van der Waals surface area (Å²) in [6.07, 6.45) is 7.64. The lowest BCUT2D eigenvalue weighted by Gasteiger charge is -2.21. The van der Waals surface area contributed by atoms with E-state index in [1.165, 1.54) is 36.0 Å². The van der Waals surface area contributed by atoms with Gasteiger partial charge in [0.25, 0.3) is 5.17 Å². The number of hydrogen-bond acceptors (Lipinski definition) is 3. The highest BCUT2D eigenvalue weighted by atomic mass is 32.1. The van der Waals surface area contributed by atoms with Gasteiger partial charge in [-0.1, -0.05) is 13.0 Å². The molecule has 0 saturated carbocycles. The Morgan fingerprint density at radius 2 is 1.96 bits per heavy atom. The lowest BCUT2D eigenvalue weighted by atomic mass is 9.92. The van der Waals surface area contributed by atoms with Crippen LogP contribution in [0.25, 0.3) is 0 Å². The maximum absolute atomic E-state index is 5.89. The molecular formula is C19H22N2OS. The molecule has 0 fully saturated rings. The molecule has 120 valence electrons. The van der Waals surface area contributed by atoms with Crippen molar-refractivity contribution in [1.29, 1.82) is 0 Å². The predicted molar refractivity (Wildman–Crippen MR) is 98.3 cm³/mol. The molecule has 0 saturated heterocycles. The third kappa shape index (κ3) is 3.70. The van der Waals surface area contributed by atoms with Gasteiger partial charge in [-0.3, -0.25) is 4.90 Å². The minimum Gasteiger partial charge on any atom is -0.432 e. The number of anilines is 1. The smallest absolute Gasteiger partial charge is 0.270 e. The molecule has 1 aromatic heterocycles. The number of ether oxygens (including phenoxy) is 1. The first-order chi connectivity index (χ1) is 11.2. The molecule has 0 radical (unpaired) electrons. The summed E-state index contributed by atoms with van der Waals surface area (Å²) in [4.78, 5) is 6.19. The molecule has 3 rings (SSSR count). The number of fused-ring (bicyclic) bond motifs is 1. The minimum absolute atomic E-state index is 0.418. The van der Waals surface area contributed by atoms with Crippen molar-refractivity contribution in [1.82, 2.24) is 4.98 Å². The third-order valence-corrected chi connectivity index (χ3v) is 4.72. The lowest BCUT2D eigenvalue weighted by Crippen LogP contribution is -2.30. The Kier molecular flexibility index (Phi) is 4.91. The van der Waals surface area contributed by atoms with Gasteiger partial charge in [0.1, 0.15) is 11.6 Å². The third-order valence-electron chi connectivity index (χ3n) is 4.36. The molecule has 1 aliphatic carbocycles. The van der Waals surface area contributed by atoms with E-state index in [1.54, 1.807) is 0 Å². The van der Waals surface area contributed by atoms with Crippen LogP contribution in [0.5, 0.6) is 5.75 Å². The SMILES string of the molecule is CCc1ccnc(N(C)C(=S)Oc2ccc3c(c2)CCCC3)c1. The van der Waals surface area contributed by atoms with Gasteiger partial charge < -0.3 is 4.74 Å². The summed E-state index contributed by atoms with van der Waals surface area (Å²) in [7, 11) is 1.89. The maximum Gasteiger partial charge on any atom is 0.270 e. The lowest BCUT2D eigenvalue weighted by molar-refractivity contribution is 0.548. The predicted octanol–water partition coefficient (Wildman–Crippen LogP) is 4.32. The molecular weight excluding hydrogens is 304 g/mol. The van der Waals surface area contributed by atoms with E-state index in [4.69, 9.17) is 17.0 Å². The van der Waals surface area contributed by atoms with Crippen LogP contribution in [0, 0.1) is 0 Å². The van der Waals surface area contributed by atoms with Crippen LogP contribution in [0.4, 0.5) is 5.82 Å². The largest absolute Gasteiger partial charge is 0.432 e.